The number of rotatable bonds is 6. The molecule has 2 N–H and O–H groups in total. The molecule has 1 heterocycles. The number of carbonyl (C=O) groups is 1. The van der Waals surface area contributed by atoms with Crippen LogP contribution in [-0.2, 0) is 9.53 Å². The van der Waals surface area contributed by atoms with Gasteiger partial charge in [0.2, 0.25) is 5.91 Å². The Labute approximate surface area is 106 Å². The largest absolute Gasteiger partial charge is 0.491 e. The van der Waals surface area contributed by atoms with Crippen LogP contribution in [0.1, 0.15) is 11.6 Å². The van der Waals surface area contributed by atoms with Crippen molar-refractivity contribution in [2.45, 2.75) is 6.04 Å². The second-order valence-electron chi connectivity index (χ2n) is 4.14. The summed E-state index contributed by atoms with van der Waals surface area (Å²) >= 11 is 0. The van der Waals surface area contributed by atoms with Gasteiger partial charge in [0.15, 0.2) is 0 Å². The number of carbonyl (C=O) groups excluding carboxylic acids is 1. The molecule has 0 saturated heterocycles. The molecule has 0 fully saturated rings. The van der Waals surface area contributed by atoms with Crippen LogP contribution in [0.4, 0.5) is 0 Å². The van der Waals surface area contributed by atoms with Crippen LogP contribution in [0, 0.1) is 0 Å². The molecule has 5 heteroatoms. The zero-order valence-electron chi connectivity index (χ0n) is 10.4. The molecule has 1 aliphatic heterocycles. The molecule has 18 heavy (non-hydrogen) atoms. The number of amides is 1. The molecular weight excluding hydrogens is 232 g/mol. The fourth-order valence-corrected chi connectivity index (χ4v) is 1.90. The molecule has 0 spiro atoms. The third kappa shape index (κ3) is 3.21. The lowest BCUT2D eigenvalue weighted by molar-refractivity contribution is -0.121. The van der Waals surface area contributed by atoms with E-state index >= 15 is 0 Å². The van der Waals surface area contributed by atoms with E-state index in [-0.39, 0.29) is 11.9 Å². The van der Waals surface area contributed by atoms with Gasteiger partial charge < -0.3 is 20.1 Å². The number of hydrogen-bond donors (Lipinski definition) is 2. The van der Waals surface area contributed by atoms with Gasteiger partial charge in [-0.3, -0.25) is 4.79 Å². The Morgan fingerprint density at radius 3 is 3.17 bits per heavy atom. The van der Waals surface area contributed by atoms with Crippen LogP contribution in [0.15, 0.2) is 24.3 Å². The van der Waals surface area contributed by atoms with E-state index in [0.29, 0.717) is 26.3 Å². The van der Waals surface area contributed by atoms with E-state index < -0.39 is 0 Å². The molecule has 1 aliphatic rings. The van der Waals surface area contributed by atoms with Crippen molar-refractivity contribution in [3.63, 3.8) is 0 Å². The monoisotopic (exact) mass is 250 g/mol. The standard InChI is InChI=1S/C13H18N2O3/c1-17-7-6-14-8-13(16)15-11-9-18-12-5-3-2-4-10(11)12/h2-5,11,14H,6-9H2,1H3,(H,15,16). The highest BCUT2D eigenvalue weighted by atomic mass is 16.5. The summed E-state index contributed by atoms with van der Waals surface area (Å²) < 4.78 is 10.4. The van der Waals surface area contributed by atoms with Gasteiger partial charge in [0.05, 0.1) is 19.2 Å². The highest BCUT2D eigenvalue weighted by molar-refractivity contribution is 5.78. The first-order valence-corrected chi connectivity index (χ1v) is 6.02. The highest BCUT2D eigenvalue weighted by Crippen LogP contribution is 2.31. The van der Waals surface area contributed by atoms with Crippen LogP contribution in [0.25, 0.3) is 0 Å². The number of para-hydroxylation sites is 1. The highest BCUT2D eigenvalue weighted by Gasteiger charge is 2.24. The molecule has 0 aromatic heterocycles. The summed E-state index contributed by atoms with van der Waals surface area (Å²) in [6.45, 7) is 2.06. The van der Waals surface area contributed by atoms with E-state index in [1.165, 1.54) is 0 Å². The lowest BCUT2D eigenvalue weighted by atomic mass is 10.1. The van der Waals surface area contributed by atoms with Gasteiger partial charge in [-0.1, -0.05) is 18.2 Å². The third-order valence-corrected chi connectivity index (χ3v) is 2.80. The summed E-state index contributed by atoms with van der Waals surface area (Å²) in [4.78, 5) is 11.7. The minimum Gasteiger partial charge on any atom is -0.491 e. The predicted octanol–water partition coefficient (Wildman–Crippen LogP) is 0.472. The van der Waals surface area contributed by atoms with Crippen molar-refractivity contribution >= 4 is 5.91 Å². The lowest BCUT2D eigenvalue weighted by Gasteiger charge is -2.12. The quantitative estimate of drug-likeness (QED) is 0.721. The van der Waals surface area contributed by atoms with Crippen LogP contribution < -0.4 is 15.4 Å². The number of hydrogen-bond acceptors (Lipinski definition) is 4. The molecule has 1 aromatic rings. The number of methoxy groups -OCH3 is 1. The smallest absolute Gasteiger partial charge is 0.234 e. The van der Waals surface area contributed by atoms with Crippen LogP contribution in [0.3, 0.4) is 0 Å². The first kappa shape index (κ1) is 12.9. The van der Waals surface area contributed by atoms with Crippen molar-refractivity contribution in [2.24, 2.45) is 0 Å². The topological polar surface area (TPSA) is 59.6 Å². The molecule has 5 nitrogen and oxygen atoms in total. The van der Waals surface area contributed by atoms with Gasteiger partial charge in [0.1, 0.15) is 12.4 Å². The number of fused-ring (bicyclic) bond motifs is 1. The maximum atomic E-state index is 11.7. The average Bonchev–Trinajstić information content (AvgIpc) is 2.78. The minimum absolute atomic E-state index is 0.0311. The predicted molar refractivity (Wildman–Crippen MR) is 67.6 cm³/mol. The summed E-state index contributed by atoms with van der Waals surface area (Å²) in [5, 5.41) is 5.95. The summed E-state index contributed by atoms with van der Waals surface area (Å²) in [5.74, 6) is 0.826. The summed E-state index contributed by atoms with van der Waals surface area (Å²) in [5.41, 5.74) is 1.04. The van der Waals surface area contributed by atoms with E-state index in [4.69, 9.17) is 9.47 Å². The lowest BCUT2D eigenvalue weighted by Crippen LogP contribution is -2.37. The first-order valence-electron chi connectivity index (χ1n) is 6.02. The fourth-order valence-electron chi connectivity index (χ4n) is 1.90. The van der Waals surface area contributed by atoms with E-state index in [9.17, 15) is 4.79 Å². The number of ether oxygens (including phenoxy) is 2. The molecule has 0 aliphatic carbocycles. The van der Waals surface area contributed by atoms with Gasteiger partial charge in [-0.25, -0.2) is 0 Å². The number of nitrogens with one attached hydrogen (secondary N) is 2. The molecule has 1 aromatic carbocycles. The molecule has 1 unspecified atom stereocenters. The van der Waals surface area contributed by atoms with Crippen molar-refractivity contribution in [1.29, 1.82) is 0 Å². The van der Waals surface area contributed by atoms with E-state index in [1.807, 2.05) is 24.3 Å². The Hall–Kier alpha value is -1.59. The van der Waals surface area contributed by atoms with Gasteiger partial charge in [-0.2, -0.15) is 0 Å². The molecule has 0 bridgehead atoms. The van der Waals surface area contributed by atoms with Crippen molar-refractivity contribution in [3.8, 4) is 5.75 Å². The van der Waals surface area contributed by atoms with Crippen LogP contribution in [0.5, 0.6) is 5.75 Å². The maximum Gasteiger partial charge on any atom is 0.234 e. The molecule has 0 radical (unpaired) electrons. The molecule has 2 rings (SSSR count). The average molecular weight is 250 g/mol. The van der Waals surface area contributed by atoms with Gasteiger partial charge in [-0.15, -0.1) is 0 Å². The first-order chi connectivity index (χ1) is 8.81. The second kappa shape index (κ2) is 6.37. The SMILES string of the molecule is COCCNCC(=O)NC1COc2ccccc21. The van der Waals surface area contributed by atoms with E-state index in [0.717, 1.165) is 11.3 Å². The molecule has 0 saturated carbocycles. The Morgan fingerprint density at radius 1 is 1.50 bits per heavy atom. The van der Waals surface area contributed by atoms with Crippen LogP contribution >= 0.6 is 0 Å². The Balaban J connectivity index is 1.79. The van der Waals surface area contributed by atoms with Crippen molar-refractivity contribution in [3.05, 3.63) is 29.8 Å². The Morgan fingerprint density at radius 2 is 2.33 bits per heavy atom. The molecular formula is C13H18N2O3. The molecule has 1 amide bonds. The van der Waals surface area contributed by atoms with Crippen LogP contribution in [0.2, 0.25) is 0 Å². The van der Waals surface area contributed by atoms with Gasteiger partial charge in [-0.05, 0) is 6.07 Å². The Kier molecular flexibility index (Phi) is 4.55. The summed E-state index contributed by atoms with van der Waals surface area (Å²) in [6, 6.07) is 7.72. The zero-order valence-corrected chi connectivity index (χ0v) is 10.4. The second-order valence-corrected chi connectivity index (χ2v) is 4.14. The fraction of sp³-hybridized carbons (Fsp3) is 0.462. The van der Waals surface area contributed by atoms with Crippen molar-refractivity contribution in [1.82, 2.24) is 10.6 Å². The van der Waals surface area contributed by atoms with Crippen molar-refractivity contribution in [2.75, 3.05) is 33.4 Å². The summed E-state index contributed by atoms with van der Waals surface area (Å²) in [6.07, 6.45) is 0. The number of benzene rings is 1. The Bertz CT molecular complexity index is 409. The van der Waals surface area contributed by atoms with Gasteiger partial charge in [0, 0.05) is 19.2 Å². The van der Waals surface area contributed by atoms with E-state index in [1.54, 1.807) is 7.11 Å². The van der Waals surface area contributed by atoms with Gasteiger partial charge in [0.25, 0.3) is 0 Å². The minimum atomic E-state index is -0.0436. The van der Waals surface area contributed by atoms with Crippen LogP contribution in [-0.4, -0.2) is 39.3 Å². The summed E-state index contributed by atoms with van der Waals surface area (Å²) in [7, 11) is 1.63. The van der Waals surface area contributed by atoms with Gasteiger partial charge >= 0.3 is 0 Å². The molecule has 98 valence electrons. The normalized spacial score (nSPS) is 17.1. The van der Waals surface area contributed by atoms with E-state index in [2.05, 4.69) is 10.6 Å². The zero-order chi connectivity index (χ0) is 12.8. The van der Waals surface area contributed by atoms with Crippen molar-refractivity contribution < 1.29 is 14.3 Å². The maximum absolute atomic E-state index is 11.7. The molecule has 1 atom stereocenters. The third-order valence-electron chi connectivity index (χ3n) is 2.80.